The van der Waals surface area contributed by atoms with E-state index >= 15 is 0 Å². The average molecular weight is 349 g/mol. The van der Waals surface area contributed by atoms with Gasteiger partial charge in [0.2, 0.25) is 0 Å². The molecule has 0 bridgehead atoms. The minimum atomic E-state index is 0.386. The first-order chi connectivity index (χ1) is 12.9. The van der Waals surface area contributed by atoms with Crippen molar-refractivity contribution in [1.82, 2.24) is 34.8 Å². The Morgan fingerprint density at radius 2 is 2.19 bits per heavy atom. The Morgan fingerprint density at radius 1 is 1.23 bits per heavy atom. The van der Waals surface area contributed by atoms with E-state index in [0.717, 1.165) is 30.5 Å². The SMILES string of the molecule is c1ccc2c(c1)ncn2Cc1noc(-c2ccn(C3CCCNC3)n2)n1. The highest BCUT2D eigenvalue weighted by molar-refractivity contribution is 5.74. The summed E-state index contributed by atoms with van der Waals surface area (Å²) in [6.45, 7) is 2.54. The van der Waals surface area contributed by atoms with Gasteiger partial charge < -0.3 is 14.4 Å². The molecule has 1 saturated heterocycles. The third-order valence-electron chi connectivity index (χ3n) is 4.78. The van der Waals surface area contributed by atoms with Crippen LogP contribution in [0.1, 0.15) is 24.7 Å². The number of nitrogens with one attached hydrogen (secondary N) is 1. The molecule has 26 heavy (non-hydrogen) atoms. The molecule has 0 radical (unpaired) electrons. The molecule has 1 atom stereocenters. The minimum absolute atomic E-state index is 0.386. The fourth-order valence-electron chi connectivity index (χ4n) is 3.43. The molecule has 4 heterocycles. The first kappa shape index (κ1) is 15.3. The van der Waals surface area contributed by atoms with Crippen LogP contribution in [0.2, 0.25) is 0 Å². The monoisotopic (exact) mass is 349 g/mol. The topological polar surface area (TPSA) is 86.6 Å². The molecule has 1 aromatic carbocycles. The first-order valence-electron chi connectivity index (χ1n) is 8.85. The van der Waals surface area contributed by atoms with Gasteiger partial charge in [-0.2, -0.15) is 10.1 Å². The van der Waals surface area contributed by atoms with Gasteiger partial charge in [0, 0.05) is 12.7 Å². The van der Waals surface area contributed by atoms with Gasteiger partial charge in [0.15, 0.2) is 11.5 Å². The molecule has 5 rings (SSSR count). The van der Waals surface area contributed by atoms with Crippen LogP contribution >= 0.6 is 0 Å². The lowest BCUT2D eigenvalue weighted by atomic mass is 10.1. The first-order valence-corrected chi connectivity index (χ1v) is 8.85. The highest BCUT2D eigenvalue weighted by Gasteiger charge is 2.18. The van der Waals surface area contributed by atoms with Gasteiger partial charge in [-0.15, -0.1) is 0 Å². The van der Waals surface area contributed by atoms with E-state index in [1.807, 2.05) is 45.8 Å². The Balaban J connectivity index is 1.36. The Labute approximate surface area is 149 Å². The van der Waals surface area contributed by atoms with E-state index in [-0.39, 0.29) is 0 Å². The zero-order valence-electron chi connectivity index (χ0n) is 14.2. The lowest BCUT2D eigenvalue weighted by molar-refractivity contribution is 0.346. The molecule has 1 aliphatic rings. The van der Waals surface area contributed by atoms with Crippen molar-refractivity contribution in [2.45, 2.75) is 25.4 Å². The van der Waals surface area contributed by atoms with Gasteiger partial charge in [-0.3, -0.25) is 4.68 Å². The highest BCUT2D eigenvalue weighted by Crippen LogP contribution is 2.20. The lowest BCUT2D eigenvalue weighted by Crippen LogP contribution is -2.31. The largest absolute Gasteiger partial charge is 0.332 e. The number of imidazole rings is 1. The fraction of sp³-hybridized carbons (Fsp3) is 0.333. The Kier molecular flexibility index (Phi) is 3.75. The van der Waals surface area contributed by atoms with Gasteiger partial charge in [-0.25, -0.2) is 4.98 Å². The second-order valence-corrected chi connectivity index (χ2v) is 6.56. The molecule has 1 aliphatic heterocycles. The summed E-state index contributed by atoms with van der Waals surface area (Å²) < 4.78 is 9.43. The fourth-order valence-corrected chi connectivity index (χ4v) is 3.43. The number of aromatic nitrogens is 6. The van der Waals surface area contributed by atoms with Gasteiger partial charge in [-0.05, 0) is 37.6 Å². The van der Waals surface area contributed by atoms with Crippen molar-refractivity contribution >= 4 is 11.0 Å². The van der Waals surface area contributed by atoms with Gasteiger partial charge in [0.25, 0.3) is 5.89 Å². The average Bonchev–Trinajstić information content (AvgIpc) is 3.43. The van der Waals surface area contributed by atoms with E-state index in [2.05, 4.69) is 25.5 Å². The van der Waals surface area contributed by atoms with E-state index in [9.17, 15) is 0 Å². The second kappa shape index (κ2) is 6.38. The Bertz CT molecular complexity index is 1020. The smallest absolute Gasteiger partial charge is 0.278 e. The van der Waals surface area contributed by atoms with Gasteiger partial charge in [0.05, 0.1) is 29.9 Å². The number of rotatable bonds is 4. The minimum Gasteiger partial charge on any atom is -0.332 e. The predicted octanol–water partition coefficient (Wildman–Crippen LogP) is 2.26. The maximum absolute atomic E-state index is 5.43. The standard InChI is InChI=1S/C18H19N7O/c1-2-6-16-14(5-1)20-12-24(16)11-17-21-18(26-23-17)15-7-9-25(22-15)13-4-3-8-19-10-13/h1-2,5-7,9,12-13,19H,3-4,8,10-11H2. The molecule has 4 aromatic rings. The molecule has 0 spiro atoms. The van der Waals surface area contributed by atoms with Crippen molar-refractivity contribution in [3.8, 4) is 11.6 Å². The number of hydrogen-bond donors (Lipinski definition) is 1. The summed E-state index contributed by atoms with van der Waals surface area (Å²) in [7, 11) is 0. The van der Waals surface area contributed by atoms with Crippen LogP contribution in [0.15, 0.2) is 47.4 Å². The number of piperidine rings is 1. The van der Waals surface area contributed by atoms with Crippen molar-refractivity contribution in [3.63, 3.8) is 0 Å². The highest BCUT2D eigenvalue weighted by atomic mass is 16.5. The zero-order valence-corrected chi connectivity index (χ0v) is 14.2. The zero-order chi connectivity index (χ0) is 17.3. The van der Waals surface area contributed by atoms with Crippen LogP contribution in [0.3, 0.4) is 0 Å². The van der Waals surface area contributed by atoms with E-state index < -0.39 is 0 Å². The number of hydrogen-bond acceptors (Lipinski definition) is 6. The summed E-state index contributed by atoms with van der Waals surface area (Å²) in [4.78, 5) is 8.89. The molecule has 3 aromatic heterocycles. The van der Waals surface area contributed by atoms with Crippen molar-refractivity contribution in [1.29, 1.82) is 0 Å². The van der Waals surface area contributed by atoms with Crippen LogP contribution in [0.25, 0.3) is 22.6 Å². The number of fused-ring (bicyclic) bond motifs is 1. The van der Waals surface area contributed by atoms with Crippen molar-refractivity contribution in [2.24, 2.45) is 0 Å². The van der Waals surface area contributed by atoms with Gasteiger partial charge >= 0.3 is 0 Å². The molecule has 132 valence electrons. The third-order valence-corrected chi connectivity index (χ3v) is 4.78. The molecule has 8 heteroatoms. The summed E-state index contributed by atoms with van der Waals surface area (Å²) in [6.07, 6.45) is 6.09. The van der Waals surface area contributed by atoms with E-state index in [1.165, 1.54) is 6.42 Å². The molecule has 1 fully saturated rings. The molecule has 0 saturated carbocycles. The molecule has 1 unspecified atom stereocenters. The summed E-state index contributed by atoms with van der Waals surface area (Å²) in [6, 6.07) is 10.3. The lowest BCUT2D eigenvalue weighted by Gasteiger charge is -2.22. The maximum atomic E-state index is 5.43. The normalized spacial score (nSPS) is 17.8. The Morgan fingerprint density at radius 3 is 3.12 bits per heavy atom. The van der Waals surface area contributed by atoms with E-state index in [4.69, 9.17) is 4.52 Å². The van der Waals surface area contributed by atoms with Crippen LogP contribution in [0.4, 0.5) is 0 Å². The summed E-state index contributed by atoms with van der Waals surface area (Å²) in [5, 5.41) is 12.1. The molecular formula is C18H19N7O. The summed E-state index contributed by atoms with van der Waals surface area (Å²) in [5.41, 5.74) is 2.72. The van der Waals surface area contributed by atoms with Crippen LogP contribution in [-0.2, 0) is 6.54 Å². The predicted molar refractivity (Wildman–Crippen MR) is 95.5 cm³/mol. The van der Waals surface area contributed by atoms with Gasteiger partial charge in [-0.1, -0.05) is 17.3 Å². The quantitative estimate of drug-likeness (QED) is 0.608. The van der Waals surface area contributed by atoms with Crippen LogP contribution in [0, 0.1) is 0 Å². The molecule has 0 amide bonds. The third kappa shape index (κ3) is 2.78. The van der Waals surface area contributed by atoms with Crippen LogP contribution in [-0.4, -0.2) is 42.6 Å². The van der Waals surface area contributed by atoms with Crippen LogP contribution in [0.5, 0.6) is 0 Å². The second-order valence-electron chi connectivity index (χ2n) is 6.56. The summed E-state index contributed by atoms with van der Waals surface area (Å²) in [5.74, 6) is 1.06. The molecule has 0 aliphatic carbocycles. The molecule has 8 nitrogen and oxygen atoms in total. The Hall–Kier alpha value is -3.00. The maximum Gasteiger partial charge on any atom is 0.278 e. The van der Waals surface area contributed by atoms with Crippen molar-refractivity contribution < 1.29 is 4.52 Å². The van der Waals surface area contributed by atoms with E-state index in [1.54, 1.807) is 6.33 Å². The van der Waals surface area contributed by atoms with E-state index in [0.29, 0.717) is 30.0 Å². The number of para-hydroxylation sites is 2. The molecular weight excluding hydrogens is 330 g/mol. The number of nitrogens with zero attached hydrogens (tertiary/aromatic N) is 6. The van der Waals surface area contributed by atoms with Crippen molar-refractivity contribution in [3.05, 3.63) is 48.7 Å². The number of benzene rings is 1. The van der Waals surface area contributed by atoms with Crippen LogP contribution < -0.4 is 5.32 Å². The van der Waals surface area contributed by atoms with Crippen molar-refractivity contribution in [2.75, 3.05) is 13.1 Å². The van der Waals surface area contributed by atoms with Gasteiger partial charge in [0.1, 0.15) is 0 Å². The molecule has 1 N–H and O–H groups in total. The summed E-state index contributed by atoms with van der Waals surface area (Å²) >= 11 is 0.